The van der Waals surface area contributed by atoms with Gasteiger partial charge in [-0.1, -0.05) is 36.0 Å². The second kappa shape index (κ2) is 9.53. The first-order valence-corrected chi connectivity index (χ1v) is 10.8. The predicted octanol–water partition coefficient (Wildman–Crippen LogP) is 5.11. The summed E-state index contributed by atoms with van der Waals surface area (Å²) in [4.78, 5) is 23.7. The number of allylic oxidation sites excluding steroid dienone is 6. The lowest BCUT2D eigenvalue weighted by molar-refractivity contribution is 0.0648. The number of rotatable bonds is 4. The van der Waals surface area contributed by atoms with Gasteiger partial charge < -0.3 is 4.90 Å². The first kappa shape index (κ1) is 20.7. The van der Waals surface area contributed by atoms with Gasteiger partial charge in [-0.2, -0.15) is 5.26 Å². The van der Waals surface area contributed by atoms with Gasteiger partial charge in [-0.15, -0.1) is 0 Å². The Hall–Kier alpha value is -3.52. The topological polar surface area (TPSA) is 69.9 Å². The molecule has 0 atom stereocenters. The lowest BCUT2D eigenvalue weighted by Gasteiger charge is -2.38. The predicted molar refractivity (Wildman–Crippen MR) is 121 cm³/mol. The average molecular weight is 411 g/mol. The Morgan fingerprint density at radius 1 is 1.10 bits per heavy atom. The molecule has 1 aliphatic heterocycles. The molecule has 31 heavy (non-hydrogen) atoms. The van der Waals surface area contributed by atoms with Crippen LogP contribution in [0.1, 0.15) is 42.5 Å². The first-order chi connectivity index (χ1) is 15.2. The smallest absolute Gasteiger partial charge is 0.256 e. The molecule has 3 heterocycles. The van der Waals surface area contributed by atoms with Crippen molar-refractivity contribution in [3.8, 4) is 17.3 Å². The van der Waals surface area contributed by atoms with Crippen LogP contribution in [-0.4, -0.2) is 33.9 Å². The fraction of sp³-hybridized carbons (Fsp3) is 0.308. The normalized spacial score (nSPS) is 21.6. The van der Waals surface area contributed by atoms with Gasteiger partial charge in [0.1, 0.15) is 0 Å². The minimum Gasteiger partial charge on any atom is -0.338 e. The summed E-state index contributed by atoms with van der Waals surface area (Å²) in [5.74, 6) is -0.0262. The van der Waals surface area contributed by atoms with Crippen LogP contribution in [0.25, 0.3) is 11.3 Å². The molecule has 156 valence electrons. The van der Waals surface area contributed by atoms with Gasteiger partial charge in [0.15, 0.2) is 0 Å². The van der Waals surface area contributed by atoms with Gasteiger partial charge in [-0.25, -0.2) is 0 Å². The molecule has 0 spiro atoms. The minimum atomic E-state index is -0.418. The third-order valence-corrected chi connectivity index (χ3v) is 6.08. The van der Waals surface area contributed by atoms with Crippen LogP contribution in [-0.2, 0) is 0 Å². The zero-order valence-corrected chi connectivity index (χ0v) is 17.6. The molecule has 4 rings (SSSR count). The number of hydrogen-bond donors (Lipinski definition) is 0. The lowest BCUT2D eigenvalue weighted by atomic mass is 9.74. The van der Waals surface area contributed by atoms with Crippen LogP contribution in [0.3, 0.4) is 0 Å². The summed E-state index contributed by atoms with van der Waals surface area (Å²) in [7, 11) is 0. The van der Waals surface area contributed by atoms with Crippen LogP contribution < -0.4 is 0 Å². The highest BCUT2D eigenvalue weighted by Crippen LogP contribution is 2.38. The number of likely N-dealkylation sites (tertiary alicyclic amines) is 1. The van der Waals surface area contributed by atoms with Crippen LogP contribution in [0.15, 0.2) is 78.8 Å². The van der Waals surface area contributed by atoms with Gasteiger partial charge in [-0.3, -0.25) is 14.8 Å². The summed E-state index contributed by atoms with van der Waals surface area (Å²) >= 11 is 0. The Kier molecular flexibility index (Phi) is 6.37. The number of nitriles is 1. The molecule has 2 aromatic heterocycles. The van der Waals surface area contributed by atoms with Crippen LogP contribution in [0.2, 0.25) is 0 Å². The summed E-state index contributed by atoms with van der Waals surface area (Å²) in [5, 5.41) is 10.00. The molecule has 2 aromatic rings. The third-order valence-electron chi connectivity index (χ3n) is 6.08. The quantitative estimate of drug-likeness (QED) is 0.702. The minimum absolute atomic E-state index is 0.0262. The van der Waals surface area contributed by atoms with Gasteiger partial charge in [0.2, 0.25) is 0 Å². The SMILES string of the molecule is N#CC1(CC2=C/CC/C=C/C=C\2)CCN(C(=O)c2cccnc2-c2ccncc2)CC1. The molecule has 0 N–H and O–H groups in total. The highest BCUT2D eigenvalue weighted by molar-refractivity contribution is 5.99. The van der Waals surface area contributed by atoms with Gasteiger partial charge >= 0.3 is 0 Å². The zero-order valence-electron chi connectivity index (χ0n) is 17.6. The Labute approximate surface area is 183 Å². The fourth-order valence-electron chi connectivity index (χ4n) is 4.26. The van der Waals surface area contributed by atoms with Gasteiger partial charge in [0, 0.05) is 37.2 Å². The largest absolute Gasteiger partial charge is 0.338 e. The second-order valence-electron chi connectivity index (χ2n) is 8.14. The Morgan fingerprint density at radius 3 is 2.68 bits per heavy atom. The van der Waals surface area contributed by atoms with Crippen molar-refractivity contribution in [3.05, 3.63) is 84.4 Å². The summed E-state index contributed by atoms with van der Waals surface area (Å²) in [6, 6.07) is 9.94. The number of nitrogens with zero attached hydrogens (tertiary/aromatic N) is 4. The van der Waals surface area contributed by atoms with Crippen molar-refractivity contribution in [3.63, 3.8) is 0 Å². The van der Waals surface area contributed by atoms with E-state index in [1.165, 1.54) is 5.57 Å². The molecule has 1 fully saturated rings. The number of amides is 1. The van der Waals surface area contributed by atoms with Crippen molar-refractivity contribution >= 4 is 5.91 Å². The van der Waals surface area contributed by atoms with E-state index in [1.54, 1.807) is 24.7 Å². The van der Waals surface area contributed by atoms with E-state index in [-0.39, 0.29) is 5.91 Å². The number of carbonyl (C=O) groups excluding carboxylic acids is 1. The van der Waals surface area contributed by atoms with Gasteiger partial charge in [-0.05, 0) is 56.4 Å². The molecule has 0 aromatic carbocycles. The summed E-state index contributed by atoms with van der Waals surface area (Å²) < 4.78 is 0. The summed E-state index contributed by atoms with van der Waals surface area (Å²) in [6.45, 7) is 1.15. The lowest BCUT2D eigenvalue weighted by Crippen LogP contribution is -2.43. The molecule has 1 amide bonds. The number of hydrogen-bond acceptors (Lipinski definition) is 4. The maximum absolute atomic E-state index is 13.3. The average Bonchev–Trinajstić information content (AvgIpc) is 2.81. The molecular weight excluding hydrogens is 384 g/mol. The molecule has 5 heteroatoms. The molecule has 0 saturated carbocycles. The van der Waals surface area contributed by atoms with Crippen LogP contribution >= 0.6 is 0 Å². The van der Waals surface area contributed by atoms with Crippen molar-refractivity contribution in [2.24, 2.45) is 5.41 Å². The van der Waals surface area contributed by atoms with Crippen molar-refractivity contribution in [2.75, 3.05) is 13.1 Å². The van der Waals surface area contributed by atoms with Crippen LogP contribution in [0.5, 0.6) is 0 Å². The highest BCUT2D eigenvalue weighted by atomic mass is 16.2. The number of pyridine rings is 2. The standard InChI is InChI=1S/C26H26N4O/c27-20-26(19-21-7-4-2-1-3-5-8-21)12-17-30(18-13-26)25(31)23-9-6-14-29-24(23)22-10-15-28-16-11-22/h1-2,4,6-11,14-16H,3,5,12-13,17-19H2/b2-1+,7-4-,21-8+. The maximum atomic E-state index is 13.3. The number of aromatic nitrogens is 2. The van der Waals surface area contributed by atoms with E-state index in [2.05, 4.69) is 46.4 Å². The summed E-state index contributed by atoms with van der Waals surface area (Å²) in [6.07, 6.45) is 19.9. The molecule has 0 radical (unpaired) electrons. The number of piperidine rings is 1. The molecule has 1 aliphatic carbocycles. The van der Waals surface area contributed by atoms with Gasteiger partial charge in [0.25, 0.3) is 5.91 Å². The summed E-state index contributed by atoms with van der Waals surface area (Å²) in [5.41, 5.74) is 2.94. The maximum Gasteiger partial charge on any atom is 0.256 e. The monoisotopic (exact) mass is 410 g/mol. The zero-order chi connectivity index (χ0) is 21.5. The molecule has 0 unspecified atom stereocenters. The van der Waals surface area contributed by atoms with Crippen molar-refractivity contribution in [1.82, 2.24) is 14.9 Å². The fourth-order valence-corrected chi connectivity index (χ4v) is 4.26. The van der Waals surface area contributed by atoms with Crippen LogP contribution in [0.4, 0.5) is 0 Å². The van der Waals surface area contributed by atoms with E-state index >= 15 is 0 Å². The van der Waals surface area contributed by atoms with E-state index in [9.17, 15) is 10.1 Å². The van der Waals surface area contributed by atoms with E-state index in [0.29, 0.717) is 37.2 Å². The van der Waals surface area contributed by atoms with Crippen molar-refractivity contribution < 1.29 is 4.79 Å². The highest BCUT2D eigenvalue weighted by Gasteiger charge is 2.37. The molecular formula is C26H26N4O. The molecule has 5 nitrogen and oxygen atoms in total. The van der Waals surface area contributed by atoms with E-state index in [4.69, 9.17) is 0 Å². The Bertz CT molecular complexity index is 1050. The third kappa shape index (κ3) is 4.80. The van der Waals surface area contributed by atoms with E-state index in [1.807, 2.05) is 23.1 Å². The Morgan fingerprint density at radius 2 is 1.90 bits per heavy atom. The molecule has 2 aliphatic rings. The molecule has 1 saturated heterocycles. The Balaban J connectivity index is 1.48. The molecule has 0 bridgehead atoms. The van der Waals surface area contributed by atoms with Crippen LogP contribution in [0, 0.1) is 16.7 Å². The van der Waals surface area contributed by atoms with Gasteiger partial charge in [0.05, 0.1) is 22.7 Å². The van der Waals surface area contributed by atoms with Crippen molar-refractivity contribution in [1.29, 1.82) is 5.26 Å². The van der Waals surface area contributed by atoms with Crippen molar-refractivity contribution in [2.45, 2.75) is 32.1 Å². The van der Waals surface area contributed by atoms with E-state index < -0.39 is 5.41 Å². The van der Waals surface area contributed by atoms with E-state index in [0.717, 1.165) is 24.8 Å². The second-order valence-corrected chi connectivity index (χ2v) is 8.14. The first-order valence-electron chi connectivity index (χ1n) is 10.8. The number of carbonyl (C=O) groups is 1.